The fraction of sp³-hybridized carbons (Fsp3) is 0.263. The van der Waals surface area contributed by atoms with Crippen LogP contribution in [0.5, 0.6) is 0 Å². The Bertz CT molecular complexity index is 853. The van der Waals surface area contributed by atoms with Gasteiger partial charge < -0.3 is 5.73 Å². The fourth-order valence-electron chi connectivity index (χ4n) is 3.21. The minimum Gasteiger partial charge on any atom is -0.375 e. The van der Waals surface area contributed by atoms with E-state index in [4.69, 9.17) is 5.73 Å². The summed E-state index contributed by atoms with van der Waals surface area (Å²) >= 11 is 1.64. The molecule has 0 unspecified atom stereocenters. The summed E-state index contributed by atoms with van der Waals surface area (Å²) in [7, 11) is 0. The van der Waals surface area contributed by atoms with E-state index in [2.05, 4.69) is 51.3 Å². The van der Waals surface area contributed by atoms with Gasteiger partial charge in [-0.1, -0.05) is 30.4 Å². The van der Waals surface area contributed by atoms with E-state index in [1.54, 1.807) is 11.3 Å². The van der Waals surface area contributed by atoms with Crippen LogP contribution >= 0.6 is 11.3 Å². The molecule has 0 radical (unpaired) electrons. The Morgan fingerprint density at radius 3 is 3.04 bits per heavy atom. The summed E-state index contributed by atoms with van der Waals surface area (Å²) in [6, 6.07) is 10.4. The number of benzene rings is 1. The lowest BCUT2D eigenvalue weighted by atomic mass is 10.1. The number of aromatic nitrogens is 2. The van der Waals surface area contributed by atoms with Crippen molar-refractivity contribution in [2.24, 2.45) is 0 Å². The smallest absolute Gasteiger partial charge is 0.180 e. The molecule has 3 aromatic rings. The van der Waals surface area contributed by atoms with Crippen LogP contribution < -0.4 is 5.73 Å². The second-order valence-electron chi connectivity index (χ2n) is 6.04. The zero-order valence-corrected chi connectivity index (χ0v) is 14.3. The molecule has 4 rings (SSSR count). The molecule has 0 aliphatic carbocycles. The number of hydrogen-bond acceptors (Lipinski definition) is 5. The van der Waals surface area contributed by atoms with Gasteiger partial charge in [0.15, 0.2) is 5.13 Å². The van der Waals surface area contributed by atoms with Crippen LogP contribution in [0.1, 0.15) is 16.1 Å². The summed E-state index contributed by atoms with van der Waals surface area (Å²) in [5.74, 6) is 0. The Morgan fingerprint density at radius 1 is 1.17 bits per heavy atom. The summed E-state index contributed by atoms with van der Waals surface area (Å²) in [6.45, 7) is 3.06. The van der Waals surface area contributed by atoms with Crippen molar-refractivity contribution in [3.63, 3.8) is 0 Å². The summed E-state index contributed by atoms with van der Waals surface area (Å²) in [4.78, 5) is 12.7. The van der Waals surface area contributed by atoms with Gasteiger partial charge in [0.05, 0.1) is 11.2 Å². The first-order valence-electron chi connectivity index (χ1n) is 8.26. The molecule has 1 aromatic carbocycles. The maximum atomic E-state index is 5.81. The van der Waals surface area contributed by atoms with Crippen molar-refractivity contribution in [2.45, 2.75) is 12.8 Å². The molecular weight excluding hydrogens is 316 g/mol. The first-order chi connectivity index (χ1) is 11.8. The van der Waals surface area contributed by atoms with E-state index >= 15 is 0 Å². The highest BCUT2D eigenvalue weighted by Gasteiger charge is 2.16. The molecule has 3 heterocycles. The van der Waals surface area contributed by atoms with Crippen LogP contribution in [0.15, 0.2) is 42.6 Å². The van der Waals surface area contributed by atoms with E-state index in [0.29, 0.717) is 5.13 Å². The Labute approximate surface area is 145 Å². The molecule has 0 amide bonds. The lowest BCUT2D eigenvalue weighted by Crippen LogP contribution is -2.26. The van der Waals surface area contributed by atoms with E-state index < -0.39 is 0 Å². The van der Waals surface area contributed by atoms with Crippen LogP contribution in [0, 0.1) is 0 Å². The van der Waals surface area contributed by atoms with Gasteiger partial charge in [-0.15, -0.1) is 11.3 Å². The quantitative estimate of drug-likeness (QED) is 0.796. The summed E-state index contributed by atoms with van der Waals surface area (Å²) < 4.78 is 0. The first-order valence-corrected chi connectivity index (χ1v) is 9.08. The van der Waals surface area contributed by atoms with Gasteiger partial charge >= 0.3 is 0 Å². The average Bonchev–Trinajstić information content (AvgIpc) is 2.86. The molecule has 1 aliphatic rings. The van der Waals surface area contributed by atoms with Crippen molar-refractivity contribution in [1.82, 2.24) is 14.9 Å². The highest BCUT2D eigenvalue weighted by molar-refractivity contribution is 7.15. The van der Waals surface area contributed by atoms with Crippen molar-refractivity contribution < 1.29 is 0 Å². The van der Waals surface area contributed by atoms with Crippen LogP contribution in [0.25, 0.3) is 17.0 Å². The maximum Gasteiger partial charge on any atom is 0.180 e. The third-order valence-electron chi connectivity index (χ3n) is 4.46. The second-order valence-corrected chi connectivity index (χ2v) is 7.16. The van der Waals surface area contributed by atoms with Crippen LogP contribution in [0.2, 0.25) is 0 Å². The van der Waals surface area contributed by atoms with Crippen LogP contribution in [0.3, 0.4) is 0 Å². The molecule has 0 fully saturated rings. The number of anilines is 1. The number of nitrogens with two attached hydrogens (primary N) is 1. The van der Waals surface area contributed by atoms with E-state index in [-0.39, 0.29) is 0 Å². The SMILES string of the molecule is Nc1nc2c(s1)CCN(CC=Cc1cccc3ncccc13)CC2. The number of thiazole rings is 1. The van der Waals surface area contributed by atoms with Gasteiger partial charge in [-0.2, -0.15) is 0 Å². The molecule has 0 saturated carbocycles. The monoisotopic (exact) mass is 336 g/mol. The van der Waals surface area contributed by atoms with Gasteiger partial charge in [0.1, 0.15) is 0 Å². The van der Waals surface area contributed by atoms with Crippen molar-refractivity contribution >= 4 is 33.4 Å². The van der Waals surface area contributed by atoms with Gasteiger partial charge in [-0.25, -0.2) is 4.98 Å². The molecule has 2 N–H and O–H groups in total. The summed E-state index contributed by atoms with van der Waals surface area (Å²) in [6.07, 6.45) is 8.35. The van der Waals surface area contributed by atoms with Gasteiger partial charge in [-0.3, -0.25) is 9.88 Å². The highest BCUT2D eigenvalue weighted by atomic mass is 32.1. The third-order valence-corrected chi connectivity index (χ3v) is 5.44. The van der Waals surface area contributed by atoms with Crippen LogP contribution in [0.4, 0.5) is 5.13 Å². The number of fused-ring (bicyclic) bond motifs is 2. The van der Waals surface area contributed by atoms with E-state index in [1.807, 2.05) is 12.3 Å². The maximum absolute atomic E-state index is 5.81. The Kier molecular flexibility index (Phi) is 4.28. The second kappa shape index (κ2) is 6.71. The van der Waals surface area contributed by atoms with Crippen molar-refractivity contribution in [3.8, 4) is 0 Å². The van der Waals surface area contributed by atoms with Gasteiger partial charge in [0.2, 0.25) is 0 Å². The fourth-order valence-corrected chi connectivity index (χ4v) is 4.08. The first kappa shape index (κ1) is 15.3. The molecule has 0 atom stereocenters. The predicted octanol–water partition coefficient (Wildman–Crippen LogP) is 3.39. The standard InChI is InChI=1S/C19H20N4S/c20-19-22-17-8-12-23(13-9-18(17)24-19)11-3-5-14-4-1-7-16-15(14)6-2-10-21-16/h1-7,10H,8-9,11-13H2,(H2,20,22). The van der Waals surface area contributed by atoms with Crippen LogP contribution in [-0.4, -0.2) is 34.5 Å². The topological polar surface area (TPSA) is 55.0 Å². The molecule has 0 bridgehead atoms. The Morgan fingerprint density at radius 2 is 2.08 bits per heavy atom. The molecule has 2 aromatic heterocycles. The van der Waals surface area contributed by atoms with Crippen molar-refractivity contribution in [3.05, 3.63) is 58.7 Å². The lowest BCUT2D eigenvalue weighted by molar-refractivity contribution is 0.318. The average molecular weight is 336 g/mol. The van der Waals surface area contributed by atoms with Crippen molar-refractivity contribution in [1.29, 1.82) is 0 Å². The molecule has 5 heteroatoms. The number of nitrogens with zero attached hydrogens (tertiary/aromatic N) is 3. The normalized spacial score (nSPS) is 15.7. The van der Waals surface area contributed by atoms with Gasteiger partial charge in [0, 0.05) is 42.5 Å². The predicted molar refractivity (Wildman–Crippen MR) is 101 cm³/mol. The Hall–Kier alpha value is -2.24. The van der Waals surface area contributed by atoms with E-state index in [9.17, 15) is 0 Å². The largest absolute Gasteiger partial charge is 0.375 e. The molecular formula is C19H20N4S. The molecule has 1 aliphatic heterocycles. The molecule has 4 nitrogen and oxygen atoms in total. The number of pyridine rings is 1. The number of rotatable bonds is 3. The van der Waals surface area contributed by atoms with Crippen molar-refractivity contribution in [2.75, 3.05) is 25.4 Å². The molecule has 0 spiro atoms. The lowest BCUT2D eigenvalue weighted by Gasteiger charge is -2.17. The molecule has 122 valence electrons. The van der Waals surface area contributed by atoms with Gasteiger partial charge in [-0.05, 0) is 24.1 Å². The zero-order valence-electron chi connectivity index (χ0n) is 13.5. The zero-order chi connectivity index (χ0) is 16.4. The molecule has 0 saturated heterocycles. The van der Waals surface area contributed by atoms with Gasteiger partial charge in [0.25, 0.3) is 0 Å². The third kappa shape index (κ3) is 3.18. The summed E-state index contributed by atoms with van der Waals surface area (Å²) in [5, 5.41) is 1.91. The summed E-state index contributed by atoms with van der Waals surface area (Å²) in [5.41, 5.74) is 9.28. The molecule has 24 heavy (non-hydrogen) atoms. The number of hydrogen-bond donors (Lipinski definition) is 1. The van der Waals surface area contributed by atoms with E-state index in [0.717, 1.165) is 38.0 Å². The highest BCUT2D eigenvalue weighted by Crippen LogP contribution is 2.24. The Balaban J connectivity index is 1.43. The van der Waals surface area contributed by atoms with E-state index in [1.165, 1.54) is 21.5 Å². The van der Waals surface area contributed by atoms with Crippen LogP contribution in [-0.2, 0) is 12.8 Å². The minimum atomic E-state index is 0.706. The number of nitrogen functional groups attached to an aromatic ring is 1. The minimum absolute atomic E-state index is 0.706.